The van der Waals surface area contributed by atoms with Gasteiger partial charge >= 0.3 is 5.97 Å². The molecule has 3 rings (SSSR count). The SMILES string of the molecule is Cc1cc(-c2ccccc2OC(=O)c2ccc(O)c(O)c2)on1. The van der Waals surface area contributed by atoms with Crippen molar-refractivity contribution in [3.8, 4) is 28.6 Å². The van der Waals surface area contributed by atoms with Crippen LogP contribution >= 0.6 is 0 Å². The van der Waals surface area contributed by atoms with Crippen molar-refractivity contribution in [2.45, 2.75) is 6.92 Å². The number of aromatic nitrogens is 1. The highest BCUT2D eigenvalue weighted by Gasteiger charge is 2.16. The molecule has 0 aliphatic carbocycles. The van der Waals surface area contributed by atoms with Gasteiger partial charge in [-0.25, -0.2) is 4.79 Å². The van der Waals surface area contributed by atoms with Crippen molar-refractivity contribution in [1.29, 1.82) is 0 Å². The molecule has 0 atom stereocenters. The fourth-order valence-electron chi connectivity index (χ4n) is 2.06. The highest BCUT2D eigenvalue weighted by molar-refractivity contribution is 5.92. The second-order valence-corrected chi connectivity index (χ2v) is 4.92. The van der Waals surface area contributed by atoms with Gasteiger partial charge in [0.25, 0.3) is 0 Å². The molecule has 0 amide bonds. The van der Waals surface area contributed by atoms with E-state index in [-0.39, 0.29) is 11.3 Å². The number of esters is 1. The number of benzene rings is 2. The standard InChI is InChI=1S/C17H13NO5/c1-10-8-16(23-18-10)12-4-2-3-5-15(12)22-17(21)11-6-7-13(19)14(20)9-11/h2-9,19-20H,1H3. The first-order valence-corrected chi connectivity index (χ1v) is 6.81. The lowest BCUT2D eigenvalue weighted by Gasteiger charge is -2.08. The average molecular weight is 311 g/mol. The Morgan fingerprint density at radius 1 is 1.09 bits per heavy atom. The van der Waals surface area contributed by atoms with Crippen LogP contribution in [-0.2, 0) is 0 Å². The van der Waals surface area contributed by atoms with Crippen LogP contribution in [0.5, 0.6) is 17.2 Å². The Morgan fingerprint density at radius 3 is 2.57 bits per heavy atom. The van der Waals surface area contributed by atoms with E-state index in [4.69, 9.17) is 9.26 Å². The molecule has 0 saturated carbocycles. The third-order valence-corrected chi connectivity index (χ3v) is 3.19. The Hall–Kier alpha value is -3.28. The van der Waals surface area contributed by atoms with Crippen molar-refractivity contribution < 1.29 is 24.3 Å². The van der Waals surface area contributed by atoms with Gasteiger partial charge in [-0.2, -0.15) is 0 Å². The second kappa shape index (κ2) is 5.84. The number of phenolic OH excluding ortho intramolecular Hbond substituents is 2. The van der Waals surface area contributed by atoms with Crippen molar-refractivity contribution in [2.75, 3.05) is 0 Å². The van der Waals surface area contributed by atoms with Crippen molar-refractivity contribution >= 4 is 5.97 Å². The topological polar surface area (TPSA) is 92.8 Å². The summed E-state index contributed by atoms with van der Waals surface area (Å²) in [7, 11) is 0. The molecule has 0 aliphatic heterocycles. The van der Waals surface area contributed by atoms with E-state index in [9.17, 15) is 15.0 Å². The molecule has 0 fully saturated rings. The van der Waals surface area contributed by atoms with E-state index in [0.29, 0.717) is 22.8 Å². The monoisotopic (exact) mass is 311 g/mol. The van der Waals surface area contributed by atoms with E-state index in [1.165, 1.54) is 12.1 Å². The van der Waals surface area contributed by atoms with E-state index in [2.05, 4.69) is 5.16 Å². The fourth-order valence-corrected chi connectivity index (χ4v) is 2.06. The molecule has 0 aliphatic rings. The van der Waals surface area contributed by atoms with Gasteiger partial charge < -0.3 is 19.5 Å². The molecule has 0 spiro atoms. The van der Waals surface area contributed by atoms with Gasteiger partial charge in [0, 0.05) is 6.07 Å². The largest absolute Gasteiger partial charge is 0.504 e. The maximum atomic E-state index is 12.2. The molecule has 2 aromatic carbocycles. The van der Waals surface area contributed by atoms with Crippen molar-refractivity contribution in [1.82, 2.24) is 5.16 Å². The Balaban J connectivity index is 1.91. The number of para-hydroxylation sites is 1. The first-order valence-electron chi connectivity index (χ1n) is 6.81. The molecule has 0 saturated heterocycles. The maximum Gasteiger partial charge on any atom is 0.343 e. The number of nitrogens with zero attached hydrogens (tertiary/aromatic N) is 1. The highest BCUT2D eigenvalue weighted by Crippen LogP contribution is 2.31. The Bertz CT molecular complexity index is 869. The van der Waals surface area contributed by atoms with Crippen LogP contribution in [0.3, 0.4) is 0 Å². The van der Waals surface area contributed by atoms with Gasteiger partial charge in [-0.3, -0.25) is 0 Å². The van der Waals surface area contributed by atoms with E-state index < -0.39 is 11.7 Å². The molecule has 23 heavy (non-hydrogen) atoms. The zero-order valence-corrected chi connectivity index (χ0v) is 12.2. The Morgan fingerprint density at radius 2 is 1.87 bits per heavy atom. The summed E-state index contributed by atoms with van der Waals surface area (Å²) in [5.74, 6) is -0.567. The summed E-state index contributed by atoms with van der Waals surface area (Å²) < 4.78 is 10.6. The summed E-state index contributed by atoms with van der Waals surface area (Å²) in [5, 5.41) is 22.6. The molecule has 0 bridgehead atoms. The minimum Gasteiger partial charge on any atom is -0.504 e. The average Bonchev–Trinajstić information content (AvgIpc) is 2.97. The van der Waals surface area contributed by atoms with Crippen molar-refractivity contribution in [2.24, 2.45) is 0 Å². The van der Waals surface area contributed by atoms with Crippen LogP contribution in [-0.4, -0.2) is 21.3 Å². The number of hydrogen-bond acceptors (Lipinski definition) is 6. The van der Waals surface area contributed by atoms with Crippen LogP contribution in [0.2, 0.25) is 0 Å². The Kier molecular flexibility index (Phi) is 3.72. The van der Waals surface area contributed by atoms with Gasteiger partial charge in [0.2, 0.25) is 0 Å². The summed E-state index contributed by atoms with van der Waals surface area (Å²) in [4.78, 5) is 12.2. The van der Waals surface area contributed by atoms with Crippen molar-refractivity contribution in [3.05, 3.63) is 59.8 Å². The lowest BCUT2D eigenvalue weighted by Crippen LogP contribution is -2.08. The number of aryl methyl sites for hydroxylation is 1. The molecular formula is C17H13NO5. The third-order valence-electron chi connectivity index (χ3n) is 3.19. The molecule has 6 heteroatoms. The normalized spacial score (nSPS) is 10.5. The molecule has 0 radical (unpaired) electrons. The summed E-state index contributed by atoms with van der Waals surface area (Å²) in [6, 6.07) is 12.3. The zero-order chi connectivity index (χ0) is 16.4. The first kappa shape index (κ1) is 14.6. The van der Waals surface area contributed by atoms with Crippen LogP contribution in [0.15, 0.2) is 53.1 Å². The number of carbonyl (C=O) groups excluding carboxylic acids is 1. The van der Waals surface area contributed by atoms with E-state index >= 15 is 0 Å². The van der Waals surface area contributed by atoms with Crippen LogP contribution in [0.1, 0.15) is 16.1 Å². The molecule has 2 N–H and O–H groups in total. The van der Waals surface area contributed by atoms with Gasteiger partial charge in [0.05, 0.1) is 16.8 Å². The fraction of sp³-hybridized carbons (Fsp3) is 0.0588. The molecule has 0 unspecified atom stereocenters. The lowest BCUT2D eigenvalue weighted by molar-refractivity contribution is 0.0735. The number of ether oxygens (including phenoxy) is 1. The maximum absolute atomic E-state index is 12.2. The van der Waals surface area contributed by atoms with Gasteiger partial charge in [0.1, 0.15) is 5.75 Å². The summed E-state index contributed by atoms with van der Waals surface area (Å²) in [5.41, 5.74) is 1.41. The lowest BCUT2D eigenvalue weighted by atomic mass is 10.1. The third kappa shape index (κ3) is 3.01. The second-order valence-electron chi connectivity index (χ2n) is 4.92. The first-order chi connectivity index (χ1) is 11.0. The Labute approximate surface area is 131 Å². The van der Waals surface area contributed by atoms with Crippen LogP contribution in [0.25, 0.3) is 11.3 Å². The quantitative estimate of drug-likeness (QED) is 0.438. The van der Waals surface area contributed by atoms with E-state index in [1.807, 2.05) is 0 Å². The van der Waals surface area contributed by atoms with E-state index in [1.54, 1.807) is 37.3 Å². The molecule has 1 heterocycles. The smallest absolute Gasteiger partial charge is 0.343 e. The predicted octanol–water partition coefficient (Wildman–Crippen LogP) is 3.28. The van der Waals surface area contributed by atoms with Gasteiger partial charge in [-0.05, 0) is 37.3 Å². The zero-order valence-electron chi connectivity index (χ0n) is 12.2. The summed E-state index contributed by atoms with van der Waals surface area (Å²) in [6.45, 7) is 1.79. The van der Waals surface area contributed by atoms with Crippen LogP contribution < -0.4 is 4.74 Å². The van der Waals surface area contributed by atoms with Gasteiger partial charge in [0.15, 0.2) is 17.3 Å². The minimum atomic E-state index is -0.663. The molecule has 6 nitrogen and oxygen atoms in total. The molecule has 3 aromatic rings. The summed E-state index contributed by atoms with van der Waals surface area (Å²) in [6.07, 6.45) is 0. The molecule has 116 valence electrons. The summed E-state index contributed by atoms with van der Waals surface area (Å²) >= 11 is 0. The van der Waals surface area contributed by atoms with E-state index in [0.717, 1.165) is 6.07 Å². The molecular weight excluding hydrogens is 298 g/mol. The van der Waals surface area contributed by atoms with Crippen LogP contribution in [0.4, 0.5) is 0 Å². The minimum absolute atomic E-state index is 0.115. The highest BCUT2D eigenvalue weighted by atomic mass is 16.5. The number of carbonyl (C=O) groups is 1. The van der Waals surface area contributed by atoms with Gasteiger partial charge in [-0.1, -0.05) is 17.3 Å². The molecule has 1 aromatic heterocycles. The number of aromatic hydroxyl groups is 2. The van der Waals surface area contributed by atoms with Crippen molar-refractivity contribution in [3.63, 3.8) is 0 Å². The predicted molar refractivity (Wildman–Crippen MR) is 81.4 cm³/mol. The van der Waals surface area contributed by atoms with Crippen LogP contribution in [0, 0.1) is 6.92 Å². The number of rotatable bonds is 3. The number of phenols is 2. The number of hydrogen-bond donors (Lipinski definition) is 2. The van der Waals surface area contributed by atoms with Gasteiger partial charge in [-0.15, -0.1) is 0 Å².